The number of halogens is 1. The Labute approximate surface area is 187 Å². The lowest BCUT2D eigenvalue weighted by Gasteiger charge is -2.24. The number of ether oxygens (including phenoxy) is 2. The molecule has 0 aliphatic carbocycles. The number of rotatable bonds is 4. The summed E-state index contributed by atoms with van der Waals surface area (Å²) in [6.45, 7) is 2.97. The van der Waals surface area contributed by atoms with E-state index in [9.17, 15) is 9.18 Å². The number of benzene rings is 2. The van der Waals surface area contributed by atoms with Crippen molar-refractivity contribution in [3.63, 3.8) is 0 Å². The summed E-state index contributed by atoms with van der Waals surface area (Å²) in [5.41, 5.74) is 2.89. The molecule has 7 heteroatoms. The molecule has 0 atom stereocenters. The number of aryl methyl sites for hydroxylation is 1. The lowest BCUT2D eigenvalue weighted by atomic mass is 10.0. The Kier molecular flexibility index (Phi) is 7.51. The van der Waals surface area contributed by atoms with Gasteiger partial charge in [-0.3, -0.25) is 9.48 Å². The van der Waals surface area contributed by atoms with Crippen LogP contribution in [0.15, 0.2) is 60.9 Å². The Bertz CT molecular complexity index is 1020. The minimum absolute atomic E-state index is 0.0990. The molecule has 1 aromatic heterocycles. The average molecular weight is 438 g/mol. The van der Waals surface area contributed by atoms with Gasteiger partial charge in [0, 0.05) is 50.4 Å². The van der Waals surface area contributed by atoms with Gasteiger partial charge in [-0.05, 0) is 41.8 Å². The molecular formula is C25H28FN3O3. The van der Waals surface area contributed by atoms with Gasteiger partial charge in [-0.2, -0.15) is 5.10 Å². The summed E-state index contributed by atoms with van der Waals surface area (Å²) in [7, 11) is 0. The Morgan fingerprint density at radius 3 is 2.84 bits per heavy atom. The van der Waals surface area contributed by atoms with E-state index in [4.69, 9.17) is 9.47 Å². The third-order valence-electron chi connectivity index (χ3n) is 5.46. The number of hydrogen-bond donors (Lipinski definition) is 0. The van der Waals surface area contributed by atoms with Crippen molar-refractivity contribution in [2.45, 2.75) is 32.4 Å². The first-order chi connectivity index (χ1) is 15.7. The van der Waals surface area contributed by atoms with Crippen molar-refractivity contribution in [1.82, 2.24) is 14.7 Å². The molecule has 0 N–H and O–H groups in total. The van der Waals surface area contributed by atoms with Crippen molar-refractivity contribution < 1.29 is 18.7 Å². The molecule has 6 nitrogen and oxygen atoms in total. The molecule has 0 radical (unpaired) electrons. The van der Waals surface area contributed by atoms with Gasteiger partial charge in [0.1, 0.15) is 18.2 Å². The lowest BCUT2D eigenvalue weighted by Crippen LogP contribution is -2.34. The number of fused-ring (bicyclic) bond motifs is 3. The quantitative estimate of drug-likeness (QED) is 0.623. The molecule has 0 fully saturated rings. The Morgan fingerprint density at radius 2 is 1.97 bits per heavy atom. The molecule has 0 spiro atoms. The fourth-order valence-electron chi connectivity index (χ4n) is 3.87. The van der Waals surface area contributed by atoms with Crippen LogP contribution in [0.2, 0.25) is 0 Å². The summed E-state index contributed by atoms with van der Waals surface area (Å²) in [5.74, 6) is 0.487. The van der Waals surface area contributed by atoms with E-state index >= 15 is 0 Å². The third kappa shape index (κ3) is 6.17. The van der Waals surface area contributed by atoms with Gasteiger partial charge in [0.2, 0.25) is 5.91 Å². The maximum Gasteiger partial charge on any atom is 0.223 e. The highest BCUT2D eigenvalue weighted by atomic mass is 19.1. The van der Waals surface area contributed by atoms with E-state index in [-0.39, 0.29) is 11.7 Å². The first kappa shape index (κ1) is 22.0. The van der Waals surface area contributed by atoms with Crippen LogP contribution in [0.3, 0.4) is 0 Å². The normalized spacial score (nSPS) is 14.8. The van der Waals surface area contributed by atoms with E-state index in [1.165, 1.54) is 12.1 Å². The molecule has 0 unspecified atom stereocenters. The summed E-state index contributed by atoms with van der Waals surface area (Å²) in [5, 5.41) is 4.19. The number of carbonyl (C=O) groups is 1. The van der Waals surface area contributed by atoms with Gasteiger partial charge in [-0.1, -0.05) is 24.3 Å². The standard InChI is InChI=1S/C25H28FN3O3/c26-23-7-8-24-22(18-23)17-20-4-1-5-21(16-20)19-28(12-13-31-14-15-32-24)25(30)6-2-10-29-11-3-9-27-29/h1,3-5,7-9,11,16,18H,2,6,10,12-15,17,19H2. The number of carbonyl (C=O) groups excluding carboxylic acids is 1. The molecule has 1 aliphatic heterocycles. The van der Waals surface area contributed by atoms with Crippen molar-refractivity contribution in [2.75, 3.05) is 26.4 Å². The molecule has 32 heavy (non-hydrogen) atoms. The maximum absolute atomic E-state index is 13.8. The third-order valence-corrected chi connectivity index (χ3v) is 5.46. The predicted molar refractivity (Wildman–Crippen MR) is 119 cm³/mol. The van der Waals surface area contributed by atoms with Crippen LogP contribution >= 0.6 is 0 Å². The minimum Gasteiger partial charge on any atom is -0.491 e. The predicted octanol–water partition coefficient (Wildman–Crippen LogP) is 3.83. The van der Waals surface area contributed by atoms with Gasteiger partial charge in [-0.15, -0.1) is 0 Å². The Morgan fingerprint density at radius 1 is 1.06 bits per heavy atom. The van der Waals surface area contributed by atoms with Gasteiger partial charge in [-0.25, -0.2) is 4.39 Å². The van der Waals surface area contributed by atoms with Crippen molar-refractivity contribution in [3.05, 3.63) is 83.4 Å². The zero-order valence-electron chi connectivity index (χ0n) is 18.1. The second-order valence-electron chi connectivity index (χ2n) is 7.90. The van der Waals surface area contributed by atoms with Crippen molar-refractivity contribution in [1.29, 1.82) is 0 Å². The van der Waals surface area contributed by atoms with Crippen LogP contribution in [0.5, 0.6) is 5.75 Å². The smallest absolute Gasteiger partial charge is 0.223 e. The summed E-state index contributed by atoms with van der Waals surface area (Å²) in [4.78, 5) is 14.8. The highest BCUT2D eigenvalue weighted by Crippen LogP contribution is 2.24. The molecule has 1 aliphatic rings. The number of aromatic nitrogens is 2. The summed E-state index contributed by atoms with van der Waals surface area (Å²) in [6, 6.07) is 14.6. The molecule has 0 saturated heterocycles. The van der Waals surface area contributed by atoms with E-state index < -0.39 is 0 Å². The van der Waals surface area contributed by atoms with Crippen LogP contribution in [-0.2, 0) is 29.0 Å². The molecule has 1 amide bonds. The van der Waals surface area contributed by atoms with Gasteiger partial charge in [0.25, 0.3) is 0 Å². The summed E-state index contributed by atoms with van der Waals surface area (Å²) >= 11 is 0. The zero-order valence-corrected chi connectivity index (χ0v) is 18.1. The lowest BCUT2D eigenvalue weighted by molar-refractivity contribution is -0.132. The molecule has 168 valence electrons. The van der Waals surface area contributed by atoms with E-state index in [0.717, 1.165) is 23.1 Å². The topological polar surface area (TPSA) is 56.6 Å². The van der Waals surface area contributed by atoms with Crippen LogP contribution in [0.1, 0.15) is 29.5 Å². The van der Waals surface area contributed by atoms with Crippen LogP contribution in [0.25, 0.3) is 0 Å². The second-order valence-corrected chi connectivity index (χ2v) is 7.90. The highest BCUT2D eigenvalue weighted by Gasteiger charge is 2.15. The highest BCUT2D eigenvalue weighted by molar-refractivity contribution is 5.76. The molecule has 3 aromatic rings. The fourth-order valence-corrected chi connectivity index (χ4v) is 3.87. The number of nitrogens with zero attached hydrogens (tertiary/aromatic N) is 3. The molecule has 2 heterocycles. The van der Waals surface area contributed by atoms with Crippen LogP contribution < -0.4 is 4.74 Å². The first-order valence-corrected chi connectivity index (χ1v) is 11.0. The van der Waals surface area contributed by atoms with Gasteiger partial charge < -0.3 is 14.4 Å². The van der Waals surface area contributed by atoms with Crippen molar-refractivity contribution in [3.8, 4) is 5.75 Å². The molecule has 4 rings (SSSR count). The molecule has 2 bridgehead atoms. The molecular weight excluding hydrogens is 409 g/mol. The average Bonchev–Trinajstić information content (AvgIpc) is 3.30. The van der Waals surface area contributed by atoms with Crippen LogP contribution in [-0.4, -0.2) is 47.0 Å². The van der Waals surface area contributed by atoms with Crippen LogP contribution in [0, 0.1) is 5.82 Å². The summed E-state index contributed by atoms with van der Waals surface area (Å²) < 4.78 is 27.2. The van der Waals surface area contributed by atoms with Gasteiger partial charge in [0.15, 0.2) is 0 Å². The fraction of sp³-hybridized carbons (Fsp3) is 0.360. The monoisotopic (exact) mass is 437 g/mol. The Hall–Kier alpha value is -3.19. The van der Waals surface area contributed by atoms with E-state index in [2.05, 4.69) is 11.2 Å². The van der Waals surface area contributed by atoms with E-state index in [1.807, 2.05) is 40.0 Å². The van der Waals surface area contributed by atoms with Crippen LogP contribution in [0.4, 0.5) is 4.39 Å². The number of hydrogen-bond acceptors (Lipinski definition) is 4. The number of amides is 1. The van der Waals surface area contributed by atoms with E-state index in [1.54, 1.807) is 12.3 Å². The maximum atomic E-state index is 13.8. The van der Waals surface area contributed by atoms with Gasteiger partial charge >= 0.3 is 0 Å². The SMILES string of the molecule is O=C(CCCn1cccn1)N1CCOCCOc2ccc(F)cc2Cc2cccc(c2)C1. The minimum atomic E-state index is -0.284. The Balaban J connectivity index is 1.48. The molecule has 0 saturated carbocycles. The molecule has 2 aromatic carbocycles. The zero-order chi connectivity index (χ0) is 22.2. The van der Waals surface area contributed by atoms with Gasteiger partial charge in [0.05, 0.1) is 13.2 Å². The van der Waals surface area contributed by atoms with Crippen molar-refractivity contribution >= 4 is 5.91 Å². The summed E-state index contributed by atoms with van der Waals surface area (Å²) in [6.07, 6.45) is 5.38. The first-order valence-electron chi connectivity index (χ1n) is 11.0. The van der Waals surface area contributed by atoms with E-state index in [0.29, 0.717) is 58.0 Å². The van der Waals surface area contributed by atoms with Crippen molar-refractivity contribution in [2.24, 2.45) is 0 Å². The largest absolute Gasteiger partial charge is 0.491 e. The second kappa shape index (κ2) is 10.9.